The summed E-state index contributed by atoms with van der Waals surface area (Å²) in [5, 5.41) is 10.0. The fraction of sp³-hybridized carbons (Fsp3) is 0.714. The third-order valence-corrected chi connectivity index (χ3v) is 5.21. The van der Waals surface area contributed by atoms with Crippen LogP contribution >= 0.6 is 11.3 Å². The monoisotopic (exact) mass is 283 g/mol. The summed E-state index contributed by atoms with van der Waals surface area (Å²) < 4.78 is 6.01. The Kier molecular flexibility index (Phi) is 4.26. The van der Waals surface area contributed by atoms with E-state index in [-0.39, 0.29) is 5.60 Å². The van der Waals surface area contributed by atoms with Gasteiger partial charge in [0.2, 0.25) is 0 Å². The lowest BCUT2D eigenvalue weighted by Gasteiger charge is -2.37. The second-order valence-electron chi connectivity index (χ2n) is 5.35. The van der Waals surface area contributed by atoms with Gasteiger partial charge in [-0.15, -0.1) is 11.3 Å². The van der Waals surface area contributed by atoms with Crippen LogP contribution in [-0.4, -0.2) is 22.7 Å². The Morgan fingerprint density at radius 3 is 2.63 bits per heavy atom. The Morgan fingerprint density at radius 1 is 1.53 bits per heavy atom. The van der Waals surface area contributed by atoms with E-state index in [1.54, 1.807) is 6.92 Å². The molecule has 0 spiro atoms. The van der Waals surface area contributed by atoms with Crippen LogP contribution in [0.25, 0.3) is 0 Å². The quantitative estimate of drug-likeness (QED) is 0.917. The largest absolute Gasteiger partial charge is 0.477 e. The summed E-state index contributed by atoms with van der Waals surface area (Å²) in [7, 11) is 0. The van der Waals surface area contributed by atoms with Crippen molar-refractivity contribution < 1.29 is 14.6 Å². The molecule has 0 unspecified atom stereocenters. The van der Waals surface area contributed by atoms with Crippen molar-refractivity contribution in [3.63, 3.8) is 0 Å². The van der Waals surface area contributed by atoms with Crippen LogP contribution in [0.1, 0.15) is 59.9 Å². The number of rotatable bonds is 4. The van der Waals surface area contributed by atoms with Gasteiger partial charge in [-0.25, -0.2) is 9.78 Å². The van der Waals surface area contributed by atoms with E-state index in [0.29, 0.717) is 23.1 Å². The molecule has 1 aliphatic rings. The van der Waals surface area contributed by atoms with Crippen LogP contribution in [0.5, 0.6) is 0 Å². The van der Waals surface area contributed by atoms with Crippen molar-refractivity contribution in [3.8, 4) is 0 Å². The van der Waals surface area contributed by atoms with Gasteiger partial charge in [0.1, 0.15) is 15.5 Å². The van der Waals surface area contributed by atoms with Gasteiger partial charge in [0.05, 0.1) is 5.69 Å². The number of aryl methyl sites for hydroxylation is 1. The van der Waals surface area contributed by atoms with E-state index in [4.69, 9.17) is 9.84 Å². The van der Waals surface area contributed by atoms with Gasteiger partial charge < -0.3 is 9.84 Å². The molecule has 1 fully saturated rings. The second-order valence-corrected chi connectivity index (χ2v) is 6.35. The molecule has 0 aliphatic heterocycles. The zero-order valence-corrected chi connectivity index (χ0v) is 12.5. The number of aromatic nitrogens is 1. The van der Waals surface area contributed by atoms with Crippen molar-refractivity contribution in [2.75, 3.05) is 6.61 Å². The molecule has 0 aromatic carbocycles. The summed E-state index contributed by atoms with van der Waals surface area (Å²) in [6, 6.07) is 0. The van der Waals surface area contributed by atoms with Crippen molar-refractivity contribution >= 4 is 17.3 Å². The molecule has 0 radical (unpaired) electrons. The first-order valence-corrected chi connectivity index (χ1v) is 7.65. The maximum Gasteiger partial charge on any atom is 0.347 e. The van der Waals surface area contributed by atoms with E-state index in [2.05, 4.69) is 11.9 Å². The number of hydrogen-bond donors (Lipinski definition) is 1. The maximum absolute atomic E-state index is 11.2. The van der Waals surface area contributed by atoms with Crippen LogP contribution in [0.4, 0.5) is 0 Å². The van der Waals surface area contributed by atoms with Crippen LogP contribution < -0.4 is 0 Å². The predicted molar refractivity (Wildman–Crippen MR) is 74.7 cm³/mol. The van der Waals surface area contributed by atoms with Crippen molar-refractivity contribution in [2.24, 2.45) is 5.92 Å². The molecule has 0 bridgehead atoms. The third-order valence-electron chi connectivity index (χ3n) is 3.88. The molecule has 1 heterocycles. The summed E-state index contributed by atoms with van der Waals surface area (Å²) in [6.07, 6.45) is 4.10. The third kappa shape index (κ3) is 2.82. The summed E-state index contributed by atoms with van der Waals surface area (Å²) in [5.74, 6) is -0.175. The van der Waals surface area contributed by atoms with E-state index < -0.39 is 5.97 Å². The van der Waals surface area contributed by atoms with Gasteiger partial charge in [-0.3, -0.25) is 0 Å². The maximum atomic E-state index is 11.2. The van der Waals surface area contributed by atoms with Gasteiger partial charge in [0.15, 0.2) is 0 Å². The van der Waals surface area contributed by atoms with E-state index in [1.807, 2.05) is 6.92 Å². The SMILES string of the molecule is CCOC1(c2nc(C)c(C(=O)O)s2)CCC(C)CC1. The van der Waals surface area contributed by atoms with Crippen LogP contribution in [0, 0.1) is 12.8 Å². The average Bonchev–Trinajstić information content (AvgIpc) is 2.75. The molecule has 1 aromatic rings. The highest BCUT2D eigenvalue weighted by Gasteiger charge is 2.40. The number of hydrogen-bond acceptors (Lipinski definition) is 4. The van der Waals surface area contributed by atoms with E-state index in [1.165, 1.54) is 11.3 Å². The highest BCUT2D eigenvalue weighted by molar-refractivity contribution is 7.13. The molecule has 2 rings (SSSR count). The number of carboxylic acids is 1. The van der Waals surface area contributed by atoms with Gasteiger partial charge in [-0.1, -0.05) is 6.92 Å². The summed E-state index contributed by atoms with van der Waals surface area (Å²) in [5.41, 5.74) is 0.245. The fourth-order valence-electron chi connectivity index (χ4n) is 2.71. The van der Waals surface area contributed by atoms with Crippen molar-refractivity contribution in [1.29, 1.82) is 0 Å². The average molecular weight is 283 g/mol. The van der Waals surface area contributed by atoms with Crippen molar-refractivity contribution in [2.45, 2.75) is 52.1 Å². The van der Waals surface area contributed by atoms with Gasteiger partial charge in [0.25, 0.3) is 0 Å². The Morgan fingerprint density at radius 2 is 2.16 bits per heavy atom. The van der Waals surface area contributed by atoms with Crippen molar-refractivity contribution in [3.05, 3.63) is 15.6 Å². The molecule has 5 heteroatoms. The van der Waals surface area contributed by atoms with Gasteiger partial charge in [0, 0.05) is 6.61 Å². The Hall–Kier alpha value is -0.940. The molecule has 4 nitrogen and oxygen atoms in total. The molecule has 19 heavy (non-hydrogen) atoms. The number of carboxylic acid groups (broad SMARTS) is 1. The first-order valence-electron chi connectivity index (χ1n) is 6.83. The molecular weight excluding hydrogens is 262 g/mol. The number of thiazole rings is 1. The zero-order valence-electron chi connectivity index (χ0n) is 11.7. The summed E-state index contributed by atoms with van der Waals surface area (Å²) >= 11 is 1.28. The molecule has 1 N–H and O–H groups in total. The second kappa shape index (κ2) is 5.59. The zero-order chi connectivity index (χ0) is 14.0. The van der Waals surface area contributed by atoms with E-state index >= 15 is 0 Å². The molecule has 1 aliphatic carbocycles. The van der Waals surface area contributed by atoms with Crippen LogP contribution in [0.2, 0.25) is 0 Å². The number of aromatic carboxylic acids is 1. The highest BCUT2D eigenvalue weighted by Crippen LogP contribution is 2.44. The Balaban J connectivity index is 2.34. The first kappa shape index (κ1) is 14.5. The van der Waals surface area contributed by atoms with Crippen LogP contribution in [-0.2, 0) is 10.3 Å². The number of carbonyl (C=O) groups is 1. The smallest absolute Gasteiger partial charge is 0.347 e. The minimum Gasteiger partial charge on any atom is -0.477 e. The lowest BCUT2D eigenvalue weighted by atomic mass is 9.79. The molecule has 1 saturated carbocycles. The minimum absolute atomic E-state index is 0.340. The Labute approximate surface area is 117 Å². The van der Waals surface area contributed by atoms with Gasteiger partial charge in [-0.05, 0) is 45.4 Å². The molecular formula is C14H21NO3S. The molecule has 0 amide bonds. The van der Waals surface area contributed by atoms with Crippen LogP contribution in [0.15, 0.2) is 0 Å². The van der Waals surface area contributed by atoms with E-state index in [0.717, 1.165) is 30.7 Å². The predicted octanol–water partition coefficient (Wildman–Crippen LogP) is 3.59. The normalized spacial score (nSPS) is 27.4. The number of ether oxygens (including phenoxy) is 1. The van der Waals surface area contributed by atoms with Gasteiger partial charge >= 0.3 is 5.97 Å². The van der Waals surface area contributed by atoms with Crippen LogP contribution in [0.3, 0.4) is 0 Å². The fourth-order valence-corrected chi connectivity index (χ4v) is 3.82. The molecule has 1 aromatic heterocycles. The first-order chi connectivity index (χ1) is 8.98. The number of nitrogens with zero attached hydrogens (tertiary/aromatic N) is 1. The lowest BCUT2D eigenvalue weighted by molar-refractivity contribution is -0.0776. The standard InChI is InChI=1S/C14H21NO3S/c1-4-18-14(7-5-9(2)6-8-14)13-15-10(3)11(19-13)12(16)17/h9H,4-8H2,1-3H3,(H,16,17). The summed E-state index contributed by atoms with van der Waals surface area (Å²) in [4.78, 5) is 16.0. The van der Waals surface area contributed by atoms with E-state index in [9.17, 15) is 4.79 Å². The molecule has 106 valence electrons. The minimum atomic E-state index is -0.892. The van der Waals surface area contributed by atoms with Gasteiger partial charge in [-0.2, -0.15) is 0 Å². The summed E-state index contributed by atoms with van der Waals surface area (Å²) in [6.45, 7) is 6.63. The topological polar surface area (TPSA) is 59.4 Å². The Bertz CT molecular complexity index is 461. The van der Waals surface area contributed by atoms with Crippen molar-refractivity contribution in [1.82, 2.24) is 4.98 Å². The lowest BCUT2D eigenvalue weighted by Crippen LogP contribution is -2.34. The molecule has 0 atom stereocenters. The highest BCUT2D eigenvalue weighted by atomic mass is 32.1. The molecule has 0 saturated heterocycles.